The third kappa shape index (κ3) is 3.19. The van der Waals surface area contributed by atoms with Gasteiger partial charge in [0.25, 0.3) is 0 Å². The first-order chi connectivity index (χ1) is 12.2. The number of nitrogens with zero attached hydrogens (tertiary/aromatic N) is 3. The number of likely N-dealkylation sites (tertiary alicyclic amines) is 1. The van der Waals surface area contributed by atoms with Crippen molar-refractivity contribution in [2.45, 2.75) is 31.8 Å². The van der Waals surface area contributed by atoms with E-state index in [2.05, 4.69) is 15.3 Å². The largest absolute Gasteiger partial charge is 0.480 e. The molecule has 0 bridgehead atoms. The van der Waals surface area contributed by atoms with Gasteiger partial charge in [-0.3, -0.25) is 9.69 Å². The summed E-state index contributed by atoms with van der Waals surface area (Å²) >= 11 is 0. The maximum absolute atomic E-state index is 11.8. The first-order valence-corrected chi connectivity index (χ1v) is 8.93. The van der Waals surface area contributed by atoms with Crippen LogP contribution in [-0.4, -0.2) is 51.4 Å². The second-order valence-electron chi connectivity index (χ2n) is 7.28. The van der Waals surface area contributed by atoms with E-state index in [-0.39, 0.29) is 5.41 Å². The topological polar surface area (TPSA) is 70.4 Å². The lowest BCUT2D eigenvalue weighted by atomic mass is 9.77. The summed E-state index contributed by atoms with van der Waals surface area (Å²) in [7, 11) is 0. The molecule has 0 unspecified atom stereocenters. The van der Waals surface area contributed by atoms with E-state index in [1.54, 1.807) is 6.20 Å². The van der Waals surface area contributed by atoms with Crippen LogP contribution in [-0.2, 0) is 11.3 Å². The van der Waals surface area contributed by atoms with Gasteiger partial charge in [0.2, 0.25) is 0 Å². The molecule has 6 heteroatoms. The Morgan fingerprint density at radius 2 is 2.00 bits per heavy atom. The van der Waals surface area contributed by atoms with Crippen LogP contribution in [0.25, 0.3) is 5.69 Å². The van der Waals surface area contributed by atoms with Crippen molar-refractivity contribution in [2.75, 3.05) is 19.6 Å². The fraction of sp³-hybridized carbons (Fsp3) is 0.474. The normalized spacial score (nSPS) is 23.1. The van der Waals surface area contributed by atoms with E-state index in [1.807, 2.05) is 41.1 Å². The van der Waals surface area contributed by atoms with Crippen LogP contribution in [0.15, 0.2) is 42.6 Å². The Bertz CT molecular complexity index is 737. The Balaban J connectivity index is 1.57. The van der Waals surface area contributed by atoms with Gasteiger partial charge < -0.3 is 10.4 Å². The summed E-state index contributed by atoms with van der Waals surface area (Å²) in [5.41, 5.74) is 2.18. The molecule has 2 aliphatic heterocycles. The number of nitrogens with one attached hydrogen (secondary N) is 1. The lowest BCUT2D eigenvalue weighted by Gasteiger charge is -2.33. The standard InChI is InChI=1S/C19H24N4O2/c24-18(25)17-12-19(7-10-20-11-8-19)14-22(17)13-16-6-9-21-23(16)15-4-2-1-3-5-15/h1-6,9,17,20H,7-8,10-14H2,(H,24,25)/t17-/m1/s1. The van der Waals surface area contributed by atoms with Gasteiger partial charge in [0.15, 0.2) is 0 Å². The molecule has 2 aliphatic rings. The average molecular weight is 340 g/mol. The van der Waals surface area contributed by atoms with Crippen molar-refractivity contribution < 1.29 is 9.90 Å². The lowest BCUT2D eigenvalue weighted by Crippen LogP contribution is -2.39. The fourth-order valence-electron chi connectivity index (χ4n) is 4.33. The highest BCUT2D eigenvalue weighted by molar-refractivity contribution is 5.74. The van der Waals surface area contributed by atoms with E-state index in [9.17, 15) is 9.90 Å². The molecule has 1 aromatic heterocycles. The molecular formula is C19H24N4O2. The smallest absolute Gasteiger partial charge is 0.320 e. The van der Waals surface area contributed by atoms with E-state index in [0.29, 0.717) is 6.54 Å². The molecular weight excluding hydrogens is 316 g/mol. The molecule has 132 valence electrons. The molecule has 0 aliphatic carbocycles. The summed E-state index contributed by atoms with van der Waals surface area (Å²) in [6, 6.07) is 11.6. The summed E-state index contributed by atoms with van der Waals surface area (Å²) in [6.07, 6.45) is 4.66. The van der Waals surface area contributed by atoms with Crippen molar-refractivity contribution >= 4 is 5.97 Å². The number of aliphatic carboxylic acids is 1. The third-order valence-corrected chi connectivity index (χ3v) is 5.64. The number of aromatic nitrogens is 2. The molecule has 2 aromatic rings. The van der Waals surface area contributed by atoms with E-state index in [4.69, 9.17) is 0 Å². The van der Waals surface area contributed by atoms with Crippen LogP contribution < -0.4 is 5.32 Å². The van der Waals surface area contributed by atoms with E-state index in [1.165, 1.54) is 0 Å². The number of hydrogen-bond donors (Lipinski definition) is 2. The predicted molar refractivity (Wildman–Crippen MR) is 94.6 cm³/mol. The van der Waals surface area contributed by atoms with Crippen molar-refractivity contribution in [2.24, 2.45) is 5.41 Å². The van der Waals surface area contributed by atoms with Crippen LogP contribution in [0.5, 0.6) is 0 Å². The van der Waals surface area contributed by atoms with E-state index < -0.39 is 12.0 Å². The molecule has 3 heterocycles. The van der Waals surface area contributed by atoms with Crippen LogP contribution in [0.2, 0.25) is 0 Å². The Kier molecular flexibility index (Phi) is 4.31. The minimum absolute atomic E-state index is 0.145. The molecule has 0 amide bonds. The molecule has 4 rings (SSSR count). The van der Waals surface area contributed by atoms with Gasteiger partial charge in [-0.15, -0.1) is 0 Å². The highest BCUT2D eigenvalue weighted by Crippen LogP contribution is 2.42. The average Bonchev–Trinajstić information content (AvgIpc) is 3.22. The zero-order valence-electron chi connectivity index (χ0n) is 14.3. The minimum Gasteiger partial charge on any atom is -0.480 e. The number of carbonyl (C=O) groups is 1. The maximum atomic E-state index is 11.8. The van der Waals surface area contributed by atoms with Gasteiger partial charge in [-0.2, -0.15) is 5.10 Å². The maximum Gasteiger partial charge on any atom is 0.320 e. The second-order valence-corrected chi connectivity index (χ2v) is 7.28. The first kappa shape index (κ1) is 16.3. The van der Waals surface area contributed by atoms with Gasteiger partial charge in [0, 0.05) is 19.3 Å². The van der Waals surface area contributed by atoms with Gasteiger partial charge >= 0.3 is 5.97 Å². The quantitative estimate of drug-likeness (QED) is 0.890. The molecule has 6 nitrogen and oxygen atoms in total. The molecule has 0 radical (unpaired) electrons. The monoisotopic (exact) mass is 340 g/mol. The number of carboxylic acid groups (broad SMARTS) is 1. The van der Waals surface area contributed by atoms with Crippen LogP contribution in [0, 0.1) is 5.41 Å². The van der Waals surface area contributed by atoms with Crippen LogP contribution >= 0.6 is 0 Å². The molecule has 1 spiro atoms. The molecule has 2 saturated heterocycles. The predicted octanol–water partition coefficient (Wildman–Crippen LogP) is 1.90. The number of rotatable bonds is 4. The van der Waals surface area contributed by atoms with Gasteiger partial charge in [0.05, 0.1) is 11.4 Å². The van der Waals surface area contributed by atoms with Gasteiger partial charge in [0.1, 0.15) is 6.04 Å². The molecule has 1 aromatic carbocycles. The van der Waals surface area contributed by atoms with Crippen molar-refractivity contribution in [1.82, 2.24) is 20.0 Å². The molecule has 2 fully saturated rings. The summed E-state index contributed by atoms with van der Waals surface area (Å²) in [6.45, 7) is 3.44. The Morgan fingerprint density at radius 1 is 1.24 bits per heavy atom. The summed E-state index contributed by atoms with van der Waals surface area (Å²) in [5.74, 6) is -0.707. The molecule has 25 heavy (non-hydrogen) atoms. The van der Waals surface area contributed by atoms with Gasteiger partial charge in [-0.1, -0.05) is 18.2 Å². The highest BCUT2D eigenvalue weighted by Gasteiger charge is 2.47. The SMILES string of the molecule is O=C(O)[C@H]1CC2(CCNCC2)CN1Cc1ccnn1-c1ccccc1. The summed E-state index contributed by atoms with van der Waals surface area (Å²) < 4.78 is 1.91. The zero-order chi connectivity index (χ0) is 17.3. The molecule has 1 atom stereocenters. The number of benzene rings is 1. The summed E-state index contributed by atoms with van der Waals surface area (Å²) in [5, 5.41) is 17.6. The second kappa shape index (κ2) is 6.61. The van der Waals surface area contributed by atoms with E-state index in [0.717, 1.165) is 50.3 Å². The Morgan fingerprint density at radius 3 is 2.72 bits per heavy atom. The highest BCUT2D eigenvalue weighted by atomic mass is 16.4. The van der Waals surface area contributed by atoms with Crippen LogP contribution in [0.4, 0.5) is 0 Å². The number of carboxylic acids is 1. The van der Waals surface area contributed by atoms with Crippen molar-refractivity contribution in [3.63, 3.8) is 0 Å². The van der Waals surface area contributed by atoms with Gasteiger partial charge in [-0.05, 0) is 56.0 Å². The van der Waals surface area contributed by atoms with Crippen molar-refractivity contribution in [3.05, 3.63) is 48.3 Å². The summed E-state index contributed by atoms with van der Waals surface area (Å²) in [4.78, 5) is 14.0. The Labute approximate surface area is 147 Å². The molecule has 0 saturated carbocycles. The zero-order valence-corrected chi connectivity index (χ0v) is 14.3. The van der Waals surface area contributed by atoms with Crippen LogP contribution in [0.3, 0.4) is 0 Å². The number of piperidine rings is 1. The molecule has 2 N–H and O–H groups in total. The Hall–Kier alpha value is -2.18. The number of para-hydroxylation sites is 1. The minimum atomic E-state index is -0.707. The third-order valence-electron chi connectivity index (χ3n) is 5.64. The fourth-order valence-corrected chi connectivity index (χ4v) is 4.33. The van der Waals surface area contributed by atoms with Crippen LogP contribution in [0.1, 0.15) is 25.0 Å². The first-order valence-electron chi connectivity index (χ1n) is 8.93. The van der Waals surface area contributed by atoms with E-state index >= 15 is 0 Å². The van der Waals surface area contributed by atoms with Crippen molar-refractivity contribution in [3.8, 4) is 5.69 Å². The van der Waals surface area contributed by atoms with Crippen molar-refractivity contribution in [1.29, 1.82) is 0 Å². The van der Waals surface area contributed by atoms with Gasteiger partial charge in [-0.25, -0.2) is 4.68 Å². The number of hydrogen-bond acceptors (Lipinski definition) is 4. The lowest BCUT2D eigenvalue weighted by molar-refractivity contribution is -0.142.